The van der Waals surface area contributed by atoms with Crippen molar-refractivity contribution in [1.82, 2.24) is 5.32 Å². The van der Waals surface area contributed by atoms with Crippen LogP contribution in [0.1, 0.15) is 39.2 Å². The van der Waals surface area contributed by atoms with Gasteiger partial charge in [-0.1, -0.05) is 49.3 Å². The average Bonchev–Trinajstić information content (AvgIpc) is 2.46. The molecule has 0 aliphatic heterocycles. The largest absolute Gasteiger partial charge is 0.411 e. The van der Waals surface area contributed by atoms with Crippen LogP contribution in [0.3, 0.4) is 0 Å². The first kappa shape index (κ1) is 13.6. The summed E-state index contributed by atoms with van der Waals surface area (Å²) >= 11 is 0. The van der Waals surface area contributed by atoms with Crippen molar-refractivity contribution in [2.75, 3.05) is 0 Å². The fraction of sp³-hybridized carbons (Fsp3) is 0.588. The van der Waals surface area contributed by atoms with Crippen molar-refractivity contribution in [1.29, 1.82) is 0 Å². The molecule has 1 aromatic carbocycles. The van der Waals surface area contributed by atoms with Crippen LogP contribution in [0.4, 0.5) is 0 Å². The minimum Gasteiger partial charge on any atom is -0.411 e. The molecular formula is C17H24N2O. The van der Waals surface area contributed by atoms with Crippen LogP contribution in [-0.2, 0) is 6.54 Å². The zero-order valence-corrected chi connectivity index (χ0v) is 12.6. The van der Waals surface area contributed by atoms with E-state index in [2.05, 4.69) is 55.5 Å². The van der Waals surface area contributed by atoms with E-state index >= 15 is 0 Å². The smallest absolute Gasteiger partial charge is 0.0774 e. The molecule has 20 heavy (non-hydrogen) atoms. The van der Waals surface area contributed by atoms with Crippen molar-refractivity contribution in [2.45, 2.75) is 45.7 Å². The number of fused-ring (bicyclic) bond motifs is 2. The Hall–Kier alpha value is -1.35. The molecule has 0 radical (unpaired) electrons. The van der Waals surface area contributed by atoms with E-state index in [-0.39, 0.29) is 5.54 Å². The molecule has 3 atom stereocenters. The van der Waals surface area contributed by atoms with Gasteiger partial charge in [-0.15, -0.1) is 0 Å². The summed E-state index contributed by atoms with van der Waals surface area (Å²) in [5.74, 6) is 1.22. The molecule has 0 spiro atoms. The standard InChI is InChI=1S/C17H24N2O/c1-16(2)13-9-14(16)17(3,15(10-13)19-20)18-11-12-7-5-4-6-8-12/h4-8,13-14,18,20H,9-11H2,1-3H3/b19-15-/t13-,14+,17+/m0/s1. The highest BCUT2D eigenvalue weighted by Crippen LogP contribution is 2.61. The molecule has 0 amide bonds. The quantitative estimate of drug-likeness (QED) is 0.654. The number of oxime groups is 1. The minimum atomic E-state index is -0.192. The van der Waals surface area contributed by atoms with E-state index < -0.39 is 0 Å². The lowest BCUT2D eigenvalue weighted by atomic mass is 9.43. The van der Waals surface area contributed by atoms with Gasteiger partial charge in [-0.25, -0.2) is 0 Å². The van der Waals surface area contributed by atoms with Crippen LogP contribution in [0.15, 0.2) is 35.5 Å². The van der Waals surface area contributed by atoms with E-state index in [1.165, 1.54) is 12.0 Å². The van der Waals surface area contributed by atoms with Crippen molar-refractivity contribution >= 4 is 5.71 Å². The molecule has 108 valence electrons. The molecule has 3 saturated carbocycles. The molecule has 0 unspecified atom stereocenters. The molecule has 0 saturated heterocycles. The molecular weight excluding hydrogens is 248 g/mol. The summed E-state index contributed by atoms with van der Waals surface area (Å²) in [5.41, 5.74) is 2.34. The van der Waals surface area contributed by atoms with Gasteiger partial charge in [0, 0.05) is 6.54 Å². The van der Waals surface area contributed by atoms with Crippen LogP contribution in [0, 0.1) is 17.3 Å². The van der Waals surface area contributed by atoms with Crippen LogP contribution in [-0.4, -0.2) is 16.5 Å². The first-order valence-electron chi connectivity index (χ1n) is 7.49. The van der Waals surface area contributed by atoms with Crippen LogP contribution >= 0.6 is 0 Å². The number of benzene rings is 1. The average molecular weight is 272 g/mol. The van der Waals surface area contributed by atoms with Gasteiger partial charge in [0.2, 0.25) is 0 Å². The second kappa shape index (κ2) is 4.59. The predicted molar refractivity (Wildman–Crippen MR) is 80.9 cm³/mol. The summed E-state index contributed by atoms with van der Waals surface area (Å²) in [7, 11) is 0. The van der Waals surface area contributed by atoms with Gasteiger partial charge < -0.3 is 10.5 Å². The van der Waals surface area contributed by atoms with Crippen molar-refractivity contribution in [3.8, 4) is 0 Å². The summed E-state index contributed by atoms with van der Waals surface area (Å²) in [6.45, 7) is 7.71. The van der Waals surface area contributed by atoms with E-state index in [0.717, 1.165) is 18.7 Å². The number of hydrogen-bond donors (Lipinski definition) is 2. The molecule has 3 aliphatic carbocycles. The summed E-state index contributed by atoms with van der Waals surface area (Å²) < 4.78 is 0. The minimum absolute atomic E-state index is 0.192. The van der Waals surface area contributed by atoms with E-state index in [9.17, 15) is 5.21 Å². The predicted octanol–water partition coefficient (Wildman–Crippen LogP) is 3.43. The SMILES string of the molecule is CC1(C)[C@@H]2C/C(=N/O)[C@](C)(NCc3ccccc3)[C@@H]1C2. The third-order valence-electron chi connectivity index (χ3n) is 5.83. The van der Waals surface area contributed by atoms with E-state index in [0.29, 0.717) is 17.3 Å². The zero-order chi connectivity index (χ0) is 14.4. The molecule has 3 aliphatic rings. The van der Waals surface area contributed by atoms with Gasteiger partial charge in [0.1, 0.15) is 0 Å². The Morgan fingerprint density at radius 1 is 1.25 bits per heavy atom. The first-order valence-corrected chi connectivity index (χ1v) is 7.49. The van der Waals surface area contributed by atoms with Crippen LogP contribution in [0.25, 0.3) is 0 Å². The monoisotopic (exact) mass is 272 g/mol. The Kier molecular flexibility index (Phi) is 3.13. The summed E-state index contributed by atoms with van der Waals surface area (Å²) in [5, 5.41) is 16.7. The normalized spacial score (nSPS) is 36.6. The molecule has 0 aromatic heterocycles. The highest BCUT2D eigenvalue weighted by atomic mass is 16.4. The zero-order valence-electron chi connectivity index (χ0n) is 12.6. The Labute approximate surface area is 121 Å². The third-order valence-corrected chi connectivity index (χ3v) is 5.83. The fourth-order valence-electron chi connectivity index (χ4n) is 4.24. The maximum Gasteiger partial charge on any atom is 0.0774 e. The van der Waals surface area contributed by atoms with Crippen LogP contribution in [0.2, 0.25) is 0 Å². The molecule has 2 N–H and O–H groups in total. The van der Waals surface area contributed by atoms with E-state index in [1.807, 2.05) is 6.07 Å². The first-order chi connectivity index (χ1) is 9.48. The van der Waals surface area contributed by atoms with Crippen molar-refractivity contribution in [3.05, 3.63) is 35.9 Å². The molecule has 3 heteroatoms. The Morgan fingerprint density at radius 3 is 2.55 bits per heavy atom. The summed E-state index contributed by atoms with van der Waals surface area (Å²) in [6.07, 6.45) is 2.16. The number of rotatable bonds is 3. The van der Waals surface area contributed by atoms with Gasteiger partial charge in [-0.3, -0.25) is 0 Å². The maximum absolute atomic E-state index is 9.38. The molecule has 3 nitrogen and oxygen atoms in total. The topological polar surface area (TPSA) is 44.6 Å². The lowest BCUT2D eigenvalue weighted by molar-refractivity contribution is -0.0739. The Morgan fingerprint density at radius 2 is 1.95 bits per heavy atom. The molecule has 1 aromatic rings. The lowest BCUT2D eigenvalue weighted by Crippen LogP contribution is -2.70. The lowest BCUT2D eigenvalue weighted by Gasteiger charge is -2.64. The molecule has 3 fully saturated rings. The third kappa shape index (κ3) is 1.87. The summed E-state index contributed by atoms with van der Waals surface area (Å²) in [6, 6.07) is 10.4. The van der Waals surface area contributed by atoms with E-state index in [4.69, 9.17) is 0 Å². The Bertz CT molecular complexity index is 523. The number of nitrogens with one attached hydrogen (secondary N) is 1. The number of nitrogens with zero attached hydrogens (tertiary/aromatic N) is 1. The van der Waals surface area contributed by atoms with Gasteiger partial charge in [0.15, 0.2) is 0 Å². The Balaban J connectivity index is 1.81. The summed E-state index contributed by atoms with van der Waals surface area (Å²) in [4.78, 5) is 0. The van der Waals surface area contributed by atoms with Crippen molar-refractivity contribution in [3.63, 3.8) is 0 Å². The number of hydrogen-bond acceptors (Lipinski definition) is 3. The highest BCUT2D eigenvalue weighted by Gasteiger charge is 2.62. The molecule has 0 heterocycles. The van der Waals surface area contributed by atoms with Gasteiger partial charge in [0.25, 0.3) is 0 Å². The van der Waals surface area contributed by atoms with Gasteiger partial charge in [0.05, 0.1) is 11.3 Å². The van der Waals surface area contributed by atoms with Crippen molar-refractivity contribution < 1.29 is 5.21 Å². The maximum atomic E-state index is 9.38. The second-order valence-electron chi connectivity index (χ2n) is 7.10. The van der Waals surface area contributed by atoms with Crippen LogP contribution in [0.5, 0.6) is 0 Å². The molecule has 2 bridgehead atoms. The highest BCUT2D eigenvalue weighted by molar-refractivity contribution is 5.95. The van der Waals surface area contributed by atoms with Gasteiger partial charge in [-0.2, -0.15) is 0 Å². The second-order valence-corrected chi connectivity index (χ2v) is 7.10. The fourth-order valence-corrected chi connectivity index (χ4v) is 4.24. The van der Waals surface area contributed by atoms with E-state index in [1.54, 1.807) is 0 Å². The van der Waals surface area contributed by atoms with Crippen molar-refractivity contribution in [2.24, 2.45) is 22.4 Å². The van der Waals surface area contributed by atoms with Gasteiger partial charge >= 0.3 is 0 Å². The van der Waals surface area contributed by atoms with Gasteiger partial charge in [-0.05, 0) is 42.6 Å². The molecule has 4 rings (SSSR count). The van der Waals surface area contributed by atoms with Crippen LogP contribution < -0.4 is 5.32 Å².